The van der Waals surface area contributed by atoms with Gasteiger partial charge in [0.15, 0.2) is 0 Å². The highest BCUT2D eigenvalue weighted by Crippen LogP contribution is 2.25. The Morgan fingerprint density at radius 1 is 1.10 bits per heavy atom. The van der Waals surface area contributed by atoms with Crippen molar-refractivity contribution in [1.29, 1.82) is 0 Å². The Morgan fingerprint density at radius 2 is 1.86 bits per heavy atom. The number of carbonyl (C=O) groups is 2. The zero-order valence-electron chi connectivity index (χ0n) is 16.3. The molecule has 3 rings (SSSR count). The van der Waals surface area contributed by atoms with Gasteiger partial charge in [-0.05, 0) is 68.8 Å². The maximum atomic E-state index is 12.6. The van der Waals surface area contributed by atoms with Crippen molar-refractivity contribution in [2.75, 3.05) is 25.0 Å². The van der Waals surface area contributed by atoms with E-state index in [4.69, 9.17) is 27.9 Å². The minimum atomic E-state index is -0.390. The maximum Gasteiger partial charge on any atom is 0.338 e. The highest BCUT2D eigenvalue weighted by molar-refractivity contribution is 6.42. The van der Waals surface area contributed by atoms with Gasteiger partial charge < -0.3 is 10.1 Å². The van der Waals surface area contributed by atoms with Crippen LogP contribution in [0.2, 0.25) is 10.0 Å². The summed E-state index contributed by atoms with van der Waals surface area (Å²) in [7, 11) is 0. The number of esters is 1. The number of rotatable bonds is 6. The van der Waals surface area contributed by atoms with Gasteiger partial charge >= 0.3 is 5.97 Å². The SMILES string of the molecule is CCOC(=O)c1cccc(NC(=O)C2CCN(Cc3ccc(Cl)c(Cl)c3)CC2)c1. The molecule has 1 amide bonds. The summed E-state index contributed by atoms with van der Waals surface area (Å²) in [6.45, 7) is 4.53. The van der Waals surface area contributed by atoms with E-state index in [1.54, 1.807) is 31.2 Å². The predicted octanol–water partition coefficient (Wildman–Crippen LogP) is 5.02. The fourth-order valence-corrected chi connectivity index (χ4v) is 3.75. The lowest BCUT2D eigenvalue weighted by atomic mass is 9.95. The Morgan fingerprint density at radius 3 is 2.55 bits per heavy atom. The van der Waals surface area contributed by atoms with Crippen molar-refractivity contribution in [2.45, 2.75) is 26.3 Å². The third kappa shape index (κ3) is 5.95. The zero-order valence-corrected chi connectivity index (χ0v) is 17.8. The molecule has 1 fully saturated rings. The first-order chi connectivity index (χ1) is 14.0. The van der Waals surface area contributed by atoms with Crippen LogP contribution < -0.4 is 5.32 Å². The lowest BCUT2D eigenvalue weighted by Gasteiger charge is -2.31. The van der Waals surface area contributed by atoms with Crippen LogP contribution in [0.4, 0.5) is 5.69 Å². The zero-order chi connectivity index (χ0) is 20.8. The van der Waals surface area contributed by atoms with Gasteiger partial charge in [0.05, 0.1) is 22.2 Å². The first-order valence-corrected chi connectivity index (χ1v) is 10.5. The van der Waals surface area contributed by atoms with Crippen LogP contribution in [0.5, 0.6) is 0 Å². The number of hydrogen-bond acceptors (Lipinski definition) is 4. The van der Waals surface area contributed by atoms with Gasteiger partial charge in [-0.1, -0.05) is 35.3 Å². The molecular formula is C22H24Cl2N2O3. The van der Waals surface area contributed by atoms with Crippen molar-refractivity contribution in [1.82, 2.24) is 4.90 Å². The van der Waals surface area contributed by atoms with E-state index >= 15 is 0 Å². The molecule has 0 bridgehead atoms. The lowest BCUT2D eigenvalue weighted by molar-refractivity contribution is -0.121. The summed E-state index contributed by atoms with van der Waals surface area (Å²) in [5.41, 5.74) is 2.15. The molecule has 1 heterocycles. The van der Waals surface area contributed by atoms with Crippen LogP contribution in [0.1, 0.15) is 35.7 Å². The Bertz CT molecular complexity index is 880. The molecule has 0 saturated carbocycles. The summed E-state index contributed by atoms with van der Waals surface area (Å²) in [6.07, 6.45) is 1.56. The predicted molar refractivity (Wildman–Crippen MR) is 115 cm³/mol. The Labute approximate surface area is 180 Å². The number of nitrogens with zero attached hydrogens (tertiary/aromatic N) is 1. The molecule has 0 spiro atoms. The van der Waals surface area contributed by atoms with E-state index in [0.717, 1.165) is 38.0 Å². The van der Waals surface area contributed by atoms with Crippen LogP contribution in [0.25, 0.3) is 0 Å². The van der Waals surface area contributed by atoms with E-state index in [2.05, 4.69) is 10.2 Å². The second-order valence-electron chi connectivity index (χ2n) is 7.09. The molecule has 7 heteroatoms. The Kier molecular flexibility index (Phi) is 7.53. The van der Waals surface area contributed by atoms with Gasteiger partial charge in [-0.2, -0.15) is 0 Å². The quantitative estimate of drug-likeness (QED) is 0.648. The second kappa shape index (κ2) is 10.1. The molecule has 0 aromatic heterocycles. The molecule has 2 aromatic carbocycles. The van der Waals surface area contributed by atoms with E-state index in [-0.39, 0.29) is 17.8 Å². The van der Waals surface area contributed by atoms with E-state index in [9.17, 15) is 9.59 Å². The molecular weight excluding hydrogens is 411 g/mol. The van der Waals surface area contributed by atoms with Crippen LogP contribution in [-0.2, 0) is 16.1 Å². The molecule has 1 saturated heterocycles. The van der Waals surface area contributed by atoms with Crippen molar-refractivity contribution in [3.05, 3.63) is 63.6 Å². The molecule has 1 aliphatic heterocycles. The molecule has 2 aromatic rings. The van der Waals surface area contributed by atoms with Crippen LogP contribution in [0, 0.1) is 5.92 Å². The second-order valence-corrected chi connectivity index (χ2v) is 7.90. The van der Waals surface area contributed by atoms with Crippen LogP contribution in [-0.4, -0.2) is 36.5 Å². The van der Waals surface area contributed by atoms with Gasteiger partial charge in [0.1, 0.15) is 0 Å². The first kappa shape index (κ1) is 21.6. The van der Waals surface area contributed by atoms with Gasteiger partial charge in [-0.3, -0.25) is 9.69 Å². The molecule has 0 radical (unpaired) electrons. The average Bonchev–Trinajstić information content (AvgIpc) is 2.71. The van der Waals surface area contributed by atoms with Gasteiger partial charge in [0.2, 0.25) is 5.91 Å². The third-order valence-corrected chi connectivity index (χ3v) is 5.73. The minimum absolute atomic E-state index is 0.0137. The normalized spacial score (nSPS) is 15.1. The van der Waals surface area contributed by atoms with E-state index in [1.165, 1.54) is 0 Å². The first-order valence-electron chi connectivity index (χ1n) is 9.70. The Balaban J connectivity index is 1.51. The largest absolute Gasteiger partial charge is 0.462 e. The number of piperidine rings is 1. The Hall–Kier alpha value is -2.08. The molecule has 1 N–H and O–H groups in total. The van der Waals surface area contributed by atoms with Gasteiger partial charge in [0, 0.05) is 18.2 Å². The smallest absolute Gasteiger partial charge is 0.338 e. The summed E-state index contributed by atoms with van der Waals surface area (Å²) in [5, 5.41) is 4.04. The molecule has 0 aliphatic carbocycles. The van der Waals surface area contributed by atoms with Gasteiger partial charge in [-0.25, -0.2) is 4.79 Å². The number of amides is 1. The van der Waals surface area contributed by atoms with Crippen molar-refractivity contribution < 1.29 is 14.3 Å². The van der Waals surface area contributed by atoms with Crippen molar-refractivity contribution in [3.8, 4) is 0 Å². The summed E-state index contributed by atoms with van der Waals surface area (Å²) >= 11 is 12.1. The molecule has 29 heavy (non-hydrogen) atoms. The van der Waals surface area contributed by atoms with E-state index in [0.29, 0.717) is 27.9 Å². The highest BCUT2D eigenvalue weighted by atomic mass is 35.5. The van der Waals surface area contributed by atoms with Gasteiger partial charge in [0.25, 0.3) is 0 Å². The van der Waals surface area contributed by atoms with E-state index < -0.39 is 0 Å². The lowest BCUT2D eigenvalue weighted by Crippen LogP contribution is -2.37. The number of ether oxygens (including phenoxy) is 1. The summed E-state index contributed by atoms with van der Waals surface area (Å²) < 4.78 is 5.01. The monoisotopic (exact) mass is 434 g/mol. The molecule has 0 atom stereocenters. The standard InChI is InChI=1S/C22H24Cl2N2O3/c1-2-29-22(28)17-4-3-5-18(13-17)25-21(27)16-8-10-26(11-9-16)14-15-6-7-19(23)20(24)12-15/h3-7,12-13,16H,2,8-11,14H2,1H3,(H,25,27). The summed E-state index contributed by atoms with van der Waals surface area (Å²) in [6, 6.07) is 12.5. The van der Waals surface area contributed by atoms with Crippen molar-refractivity contribution in [3.63, 3.8) is 0 Å². The number of likely N-dealkylation sites (tertiary alicyclic amines) is 1. The number of anilines is 1. The number of benzene rings is 2. The maximum absolute atomic E-state index is 12.6. The van der Waals surface area contributed by atoms with Crippen LogP contribution in [0.3, 0.4) is 0 Å². The minimum Gasteiger partial charge on any atom is -0.462 e. The summed E-state index contributed by atoms with van der Waals surface area (Å²) in [5.74, 6) is -0.453. The number of halogens is 2. The average molecular weight is 435 g/mol. The topological polar surface area (TPSA) is 58.6 Å². The molecule has 154 valence electrons. The highest BCUT2D eigenvalue weighted by Gasteiger charge is 2.25. The fraction of sp³-hybridized carbons (Fsp3) is 0.364. The van der Waals surface area contributed by atoms with Gasteiger partial charge in [-0.15, -0.1) is 0 Å². The molecule has 1 aliphatic rings. The number of carbonyl (C=O) groups excluding carboxylic acids is 2. The molecule has 5 nitrogen and oxygen atoms in total. The fourth-order valence-electron chi connectivity index (χ4n) is 3.43. The molecule has 0 unspecified atom stereocenters. The van der Waals surface area contributed by atoms with Crippen LogP contribution >= 0.6 is 23.2 Å². The van der Waals surface area contributed by atoms with E-state index in [1.807, 2.05) is 18.2 Å². The number of hydrogen-bond donors (Lipinski definition) is 1. The summed E-state index contributed by atoms with van der Waals surface area (Å²) in [4.78, 5) is 26.8. The van der Waals surface area contributed by atoms with Crippen molar-refractivity contribution >= 4 is 40.8 Å². The number of nitrogens with one attached hydrogen (secondary N) is 1. The third-order valence-electron chi connectivity index (χ3n) is 4.99. The van der Waals surface area contributed by atoms with Crippen molar-refractivity contribution in [2.24, 2.45) is 5.92 Å². The van der Waals surface area contributed by atoms with Crippen LogP contribution in [0.15, 0.2) is 42.5 Å².